The molecule has 1 aromatic rings. The largest absolute Gasteiger partial charge is 0.399 e. The normalized spacial score (nSPS) is 11.1. The fourth-order valence-electron chi connectivity index (χ4n) is 1.34. The topological polar surface area (TPSA) is 80.0 Å². The molecule has 0 saturated carbocycles. The van der Waals surface area contributed by atoms with Crippen molar-refractivity contribution in [2.24, 2.45) is 5.41 Å². The Hall–Kier alpha value is -1.49. The second-order valence-corrected chi connectivity index (χ2v) is 4.81. The first kappa shape index (κ1) is 13.6. The molecule has 0 radical (unpaired) electrons. The highest BCUT2D eigenvalue weighted by molar-refractivity contribution is 6.29. The van der Waals surface area contributed by atoms with Crippen LogP contribution in [0.25, 0.3) is 0 Å². The highest BCUT2D eigenvalue weighted by atomic mass is 35.5. The molecule has 1 aromatic heterocycles. The minimum Gasteiger partial charge on any atom is -0.399 e. The molecule has 0 fully saturated rings. The molecule has 0 atom stereocenters. The first-order valence-corrected chi connectivity index (χ1v) is 5.62. The molecule has 1 rings (SSSR count). The van der Waals surface area contributed by atoms with E-state index in [4.69, 9.17) is 17.3 Å². The molecule has 94 valence electrons. The first-order valence-electron chi connectivity index (χ1n) is 5.24. The van der Waals surface area contributed by atoms with Crippen LogP contribution in [0.1, 0.15) is 13.8 Å². The zero-order valence-electron chi connectivity index (χ0n) is 10.2. The number of aromatic nitrogens is 1. The van der Waals surface area contributed by atoms with Crippen molar-refractivity contribution < 1.29 is 4.79 Å². The third kappa shape index (κ3) is 3.78. The summed E-state index contributed by atoms with van der Waals surface area (Å²) in [6.45, 7) is 4.12. The molecule has 6 heteroatoms. The van der Waals surface area contributed by atoms with Gasteiger partial charge in [0.2, 0.25) is 5.91 Å². The molecule has 0 spiro atoms. The molecule has 0 aliphatic carbocycles. The van der Waals surface area contributed by atoms with E-state index >= 15 is 0 Å². The highest BCUT2D eigenvalue weighted by Gasteiger charge is 2.26. The Morgan fingerprint density at radius 1 is 1.53 bits per heavy atom. The molecule has 0 unspecified atom stereocenters. The van der Waals surface area contributed by atoms with Crippen LogP contribution in [0.15, 0.2) is 12.1 Å². The van der Waals surface area contributed by atoms with Crippen molar-refractivity contribution in [2.45, 2.75) is 13.8 Å². The minimum absolute atomic E-state index is 0.0417. The summed E-state index contributed by atoms with van der Waals surface area (Å²) in [5.41, 5.74) is 5.64. The van der Waals surface area contributed by atoms with Crippen molar-refractivity contribution in [1.29, 1.82) is 0 Å². The van der Waals surface area contributed by atoms with Gasteiger partial charge in [0.15, 0.2) is 0 Å². The van der Waals surface area contributed by atoms with Gasteiger partial charge in [0.05, 0.1) is 5.41 Å². The predicted octanol–water partition coefficient (Wildman–Crippen LogP) is 1.50. The van der Waals surface area contributed by atoms with Gasteiger partial charge in [-0.15, -0.1) is 0 Å². The highest BCUT2D eigenvalue weighted by Crippen LogP contribution is 2.19. The van der Waals surface area contributed by atoms with E-state index in [1.165, 1.54) is 0 Å². The Kier molecular flexibility index (Phi) is 4.17. The molecular formula is C11H17ClN4O. The summed E-state index contributed by atoms with van der Waals surface area (Å²) in [6.07, 6.45) is 0. The van der Waals surface area contributed by atoms with Crippen LogP contribution in [0, 0.1) is 5.41 Å². The summed E-state index contributed by atoms with van der Waals surface area (Å²) in [4.78, 5) is 15.6. The maximum Gasteiger partial charge on any atom is 0.227 e. The average Bonchev–Trinajstić information content (AvgIpc) is 2.24. The third-order valence-corrected chi connectivity index (χ3v) is 2.56. The van der Waals surface area contributed by atoms with Crippen LogP contribution in [-0.2, 0) is 4.79 Å². The van der Waals surface area contributed by atoms with E-state index in [9.17, 15) is 4.79 Å². The van der Waals surface area contributed by atoms with Crippen molar-refractivity contribution in [1.82, 2.24) is 10.3 Å². The Balaban J connectivity index is 2.70. The number of nitrogens with two attached hydrogens (primary N) is 1. The van der Waals surface area contributed by atoms with Crippen LogP contribution in [-0.4, -0.2) is 24.5 Å². The number of anilines is 2. The number of halogens is 1. The van der Waals surface area contributed by atoms with E-state index in [-0.39, 0.29) is 5.91 Å². The van der Waals surface area contributed by atoms with Crippen molar-refractivity contribution in [3.05, 3.63) is 17.3 Å². The summed E-state index contributed by atoms with van der Waals surface area (Å²) in [6, 6.07) is 3.24. The lowest BCUT2D eigenvalue weighted by Crippen LogP contribution is -2.39. The molecule has 0 saturated heterocycles. The number of carbonyl (C=O) groups is 1. The number of amides is 1. The standard InChI is InChI=1S/C11H17ClN4O/c1-11(2,10(17)14-3)6-15-9-5-7(13)4-8(12)16-9/h4-5H,6H2,1-3H3,(H,14,17)(H3,13,15,16). The molecule has 4 N–H and O–H groups in total. The van der Waals surface area contributed by atoms with Crippen molar-refractivity contribution in [3.63, 3.8) is 0 Å². The number of rotatable bonds is 4. The Bertz CT molecular complexity index is 400. The zero-order valence-corrected chi connectivity index (χ0v) is 10.9. The van der Waals surface area contributed by atoms with Gasteiger partial charge in [0.1, 0.15) is 11.0 Å². The predicted molar refractivity (Wildman–Crippen MR) is 70.0 cm³/mol. The Labute approximate surface area is 106 Å². The molecule has 0 aliphatic rings. The summed E-state index contributed by atoms with van der Waals surface area (Å²) in [5, 5.41) is 5.98. The quantitative estimate of drug-likeness (QED) is 0.714. The molecule has 0 aromatic carbocycles. The lowest BCUT2D eigenvalue weighted by Gasteiger charge is -2.23. The van der Waals surface area contributed by atoms with Gasteiger partial charge in [0, 0.05) is 25.3 Å². The van der Waals surface area contributed by atoms with Crippen LogP contribution >= 0.6 is 11.6 Å². The molecule has 0 aliphatic heterocycles. The monoisotopic (exact) mass is 256 g/mol. The zero-order chi connectivity index (χ0) is 13.1. The van der Waals surface area contributed by atoms with Crippen molar-refractivity contribution >= 4 is 29.0 Å². The number of hydrogen-bond acceptors (Lipinski definition) is 4. The van der Waals surface area contributed by atoms with Crippen LogP contribution in [0.4, 0.5) is 11.5 Å². The SMILES string of the molecule is CNC(=O)C(C)(C)CNc1cc(N)cc(Cl)n1. The van der Waals surface area contributed by atoms with E-state index in [1.807, 2.05) is 13.8 Å². The third-order valence-electron chi connectivity index (χ3n) is 2.37. The van der Waals surface area contributed by atoms with E-state index in [2.05, 4.69) is 15.6 Å². The van der Waals surface area contributed by atoms with Crippen LogP contribution < -0.4 is 16.4 Å². The number of carbonyl (C=O) groups excluding carboxylic acids is 1. The van der Waals surface area contributed by atoms with Crippen LogP contribution in [0.2, 0.25) is 5.15 Å². The maximum atomic E-state index is 11.6. The van der Waals surface area contributed by atoms with Gasteiger partial charge in [-0.25, -0.2) is 4.98 Å². The van der Waals surface area contributed by atoms with Gasteiger partial charge < -0.3 is 16.4 Å². The number of nitrogens with one attached hydrogen (secondary N) is 2. The maximum absolute atomic E-state index is 11.6. The fourth-order valence-corrected chi connectivity index (χ4v) is 1.55. The van der Waals surface area contributed by atoms with Gasteiger partial charge >= 0.3 is 0 Å². The van der Waals surface area contributed by atoms with Crippen molar-refractivity contribution in [3.8, 4) is 0 Å². The molecule has 0 bridgehead atoms. The van der Waals surface area contributed by atoms with Crippen LogP contribution in [0.5, 0.6) is 0 Å². The fraction of sp³-hybridized carbons (Fsp3) is 0.455. The van der Waals surface area contributed by atoms with Gasteiger partial charge in [-0.3, -0.25) is 4.79 Å². The number of pyridine rings is 1. The molecule has 1 amide bonds. The van der Waals surface area contributed by atoms with E-state index in [0.29, 0.717) is 23.2 Å². The van der Waals surface area contributed by atoms with Crippen LogP contribution in [0.3, 0.4) is 0 Å². The van der Waals surface area contributed by atoms with Gasteiger partial charge in [-0.2, -0.15) is 0 Å². The number of nitrogens with zero attached hydrogens (tertiary/aromatic N) is 1. The molecule has 17 heavy (non-hydrogen) atoms. The number of hydrogen-bond donors (Lipinski definition) is 3. The lowest BCUT2D eigenvalue weighted by atomic mass is 9.92. The lowest BCUT2D eigenvalue weighted by molar-refractivity contribution is -0.128. The van der Waals surface area contributed by atoms with Gasteiger partial charge in [0.25, 0.3) is 0 Å². The minimum atomic E-state index is -0.534. The molecular weight excluding hydrogens is 240 g/mol. The molecule has 5 nitrogen and oxygen atoms in total. The number of nitrogen functional groups attached to an aromatic ring is 1. The average molecular weight is 257 g/mol. The van der Waals surface area contributed by atoms with E-state index in [0.717, 1.165) is 0 Å². The first-order chi connectivity index (χ1) is 7.85. The van der Waals surface area contributed by atoms with Gasteiger partial charge in [-0.1, -0.05) is 11.6 Å². The summed E-state index contributed by atoms with van der Waals surface area (Å²) in [7, 11) is 1.61. The second kappa shape index (κ2) is 5.23. The smallest absolute Gasteiger partial charge is 0.227 e. The summed E-state index contributed by atoms with van der Waals surface area (Å²) in [5.74, 6) is 0.520. The van der Waals surface area contributed by atoms with Gasteiger partial charge in [-0.05, 0) is 19.9 Å². The van der Waals surface area contributed by atoms with Crippen molar-refractivity contribution in [2.75, 3.05) is 24.6 Å². The molecule has 1 heterocycles. The Morgan fingerprint density at radius 2 is 2.18 bits per heavy atom. The van der Waals surface area contributed by atoms with E-state index < -0.39 is 5.41 Å². The Morgan fingerprint density at radius 3 is 2.71 bits per heavy atom. The summed E-state index contributed by atoms with van der Waals surface area (Å²) >= 11 is 5.78. The summed E-state index contributed by atoms with van der Waals surface area (Å²) < 4.78 is 0. The van der Waals surface area contributed by atoms with E-state index in [1.54, 1.807) is 19.2 Å². The second-order valence-electron chi connectivity index (χ2n) is 4.43.